The van der Waals surface area contributed by atoms with Gasteiger partial charge in [0.2, 0.25) is 6.85 Å². The summed E-state index contributed by atoms with van der Waals surface area (Å²) in [6.45, 7) is 2.93. The molecule has 4 saturated heterocycles. The standard InChI is InChI=1S/C5H13BN2.C5H12BNO.C5H12BNS.C4H4As.C4H9B.C4H5N.C4H5P.C4H4.Sb/c1-8(2)6-3-4-7-5-6;2*1-7(2)6-4-3-5-8-6;4*1-2-4-5-3-1;1-3-4-2;/h7H,3-5H2,1-2H3;2*3-5H2,1-2H3;1-4H;5H,1-4H2;2*1-5H;1-4H;. The van der Waals surface area contributed by atoms with Gasteiger partial charge in [-0.3, -0.25) is 0 Å². The molecule has 0 amide bonds. The third-order valence-electron chi connectivity index (χ3n) is 7.88. The molecule has 4 fully saturated rings. The third kappa shape index (κ3) is 30.0. The topological polar surface area (TPSA) is 46.8 Å². The molecule has 2 N–H and O–H groups in total. The first kappa shape index (κ1) is 46.8. The number of H-pyrrole nitrogens is 1. The van der Waals surface area contributed by atoms with Crippen LogP contribution < -0.4 is 5.32 Å². The van der Waals surface area contributed by atoms with Crippen molar-refractivity contribution in [2.45, 2.75) is 57.3 Å². The van der Waals surface area contributed by atoms with Crippen molar-refractivity contribution < 1.29 is 4.65 Å². The summed E-state index contributed by atoms with van der Waals surface area (Å²) >= 11 is 2.68. The fourth-order valence-electron chi connectivity index (χ4n) is 4.95. The van der Waals surface area contributed by atoms with Crippen molar-refractivity contribution in [3.05, 3.63) is 90.3 Å². The van der Waals surface area contributed by atoms with Crippen LogP contribution in [-0.4, -0.2) is 152 Å². The van der Waals surface area contributed by atoms with Gasteiger partial charge in [-0.2, -0.15) is 11.6 Å². The fraction of sp³-hybridized carbons (Fsp3) is 0.543. The van der Waals surface area contributed by atoms with Crippen molar-refractivity contribution in [1.82, 2.24) is 24.7 Å². The van der Waals surface area contributed by atoms with Gasteiger partial charge in [0.1, 0.15) is 7.28 Å². The number of aromatic nitrogens is 1. The van der Waals surface area contributed by atoms with Crippen molar-refractivity contribution in [2.75, 3.05) is 67.6 Å². The summed E-state index contributed by atoms with van der Waals surface area (Å²) < 4.78 is 9.89. The van der Waals surface area contributed by atoms with Gasteiger partial charge in [0, 0.05) is 19.0 Å². The molecule has 0 unspecified atom stereocenters. The van der Waals surface area contributed by atoms with E-state index in [4.69, 9.17) is 4.65 Å². The summed E-state index contributed by atoms with van der Waals surface area (Å²) in [6.07, 6.45) is 26.7. The Kier molecular flexibility index (Phi) is 33.3. The Morgan fingerprint density at radius 1 is 0.776 bits per heavy atom. The SMILES string of the molecule is B1CCCC1.C1=C[As]C=C1.C1=[CH][Sb][CH]=C1.CN(C)B1CCCO1.CN(C)B1CCCS1.CN(C)B1CCNC1.c1cc[nH]c1.c1cc[pH]c1. The van der Waals surface area contributed by atoms with E-state index in [0.717, 1.165) is 27.8 Å². The Morgan fingerprint density at radius 3 is 1.67 bits per heavy atom. The van der Waals surface area contributed by atoms with Crippen LogP contribution in [0.15, 0.2) is 90.3 Å². The van der Waals surface area contributed by atoms with Gasteiger partial charge in [0.15, 0.2) is 0 Å². The molecule has 8 rings (SSSR count). The Labute approximate surface area is 326 Å². The molecule has 0 atom stereocenters. The summed E-state index contributed by atoms with van der Waals surface area (Å²) in [7, 11) is 15.5. The molecule has 0 saturated carbocycles. The van der Waals surface area contributed by atoms with Gasteiger partial charge in [0.05, 0.1) is 0 Å². The molecule has 14 heteroatoms. The van der Waals surface area contributed by atoms with Gasteiger partial charge in [-0.25, -0.2) is 0 Å². The molecular formula is C35H64AsB4N5OPSSb. The van der Waals surface area contributed by atoms with Crippen LogP contribution in [0.2, 0.25) is 31.6 Å². The van der Waals surface area contributed by atoms with Crippen LogP contribution in [0.3, 0.4) is 0 Å². The molecule has 6 aliphatic heterocycles. The summed E-state index contributed by atoms with van der Waals surface area (Å²) in [5.74, 6) is 5.67. The molecule has 49 heavy (non-hydrogen) atoms. The van der Waals surface area contributed by atoms with Gasteiger partial charge >= 0.3 is 86.5 Å². The molecule has 6 nitrogen and oxygen atoms in total. The predicted molar refractivity (Wildman–Crippen MR) is 234 cm³/mol. The van der Waals surface area contributed by atoms with Crippen LogP contribution in [0.5, 0.6) is 0 Å². The normalized spacial score (nSPS) is 17.6. The average molecular weight is 874 g/mol. The number of allylic oxidation sites excluding steroid dienone is 4. The second-order valence-corrected chi connectivity index (χ2v) is 19.4. The number of rotatable bonds is 3. The first-order valence-corrected chi connectivity index (χ1v) is 25.4. The van der Waals surface area contributed by atoms with E-state index < -0.39 is 0 Å². The summed E-state index contributed by atoms with van der Waals surface area (Å²) in [6, 6.07) is 8.02. The van der Waals surface area contributed by atoms with Crippen LogP contribution >= 0.6 is 19.8 Å². The Bertz CT molecular complexity index is 889. The monoisotopic (exact) mass is 873 g/mol. The van der Waals surface area contributed by atoms with E-state index in [2.05, 4.69) is 144 Å². The first-order valence-electron chi connectivity index (χ1n) is 18.0. The van der Waals surface area contributed by atoms with Crippen molar-refractivity contribution in [2.24, 2.45) is 0 Å². The zero-order valence-corrected chi connectivity index (χ0v) is 37.7. The maximum Gasteiger partial charge on any atom is 0.382 e. The smallest absolute Gasteiger partial charge is 0.382 e. The molecule has 2 aromatic rings. The predicted octanol–water partition coefficient (Wildman–Crippen LogP) is 6.56. The van der Waals surface area contributed by atoms with Crippen LogP contribution in [0.25, 0.3) is 0 Å². The molecule has 0 spiro atoms. The molecule has 8 heterocycles. The van der Waals surface area contributed by atoms with Crippen LogP contribution in [0.4, 0.5) is 0 Å². The molecule has 2 aromatic heterocycles. The number of hydrogen-bond donors (Lipinski definition) is 2. The maximum atomic E-state index is 5.34. The van der Waals surface area contributed by atoms with Crippen molar-refractivity contribution in [3.8, 4) is 0 Å². The molecule has 268 valence electrons. The van der Waals surface area contributed by atoms with E-state index in [-0.39, 0.29) is 21.6 Å². The Balaban J connectivity index is 0.000000283. The Hall–Kier alpha value is -0.194. The minimum Gasteiger partial charge on any atom is -0.421 e. The van der Waals surface area contributed by atoms with Crippen LogP contribution in [0.1, 0.15) is 25.7 Å². The van der Waals surface area contributed by atoms with Crippen molar-refractivity contribution in [3.63, 3.8) is 0 Å². The largest absolute Gasteiger partial charge is 0.421 e. The summed E-state index contributed by atoms with van der Waals surface area (Å²) in [4.78, 5) is 14.0. The maximum absolute atomic E-state index is 5.34. The van der Waals surface area contributed by atoms with Crippen molar-refractivity contribution >= 4 is 84.5 Å². The molecule has 6 aliphatic rings. The quantitative estimate of drug-likeness (QED) is 0.341. The minimum absolute atomic E-state index is 0.106. The zero-order valence-electron chi connectivity index (χ0n) is 31.4. The van der Waals surface area contributed by atoms with E-state index in [9.17, 15) is 0 Å². The van der Waals surface area contributed by atoms with Crippen LogP contribution in [0, 0.1) is 0 Å². The number of nitrogens with one attached hydrogen (secondary N) is 2. The second-order valence-electron chi connectivity index (χ2n) is 12.7. The van der Waals surface area contributed by atoms with Gasteiger partial charge in [-0.05, 0) is 117 Å². The van der Waals surface area contributed by atoms with Gasteiger partial charge in [0.25, 0.3) is 6.13 Å². The number of aromatic amines is 1. The Morgan fingerprint density at radius 2 is 1.45 bits per heavy atom. The summed E-state index contributed by atoms with van der Waals surface area (Å²) in [5, 5.41) is 3.31. The van der Waals surface area contributed by atoms with E-state index >= 15 is 0 Å². The molecule has 0 bridgehead atoms. The molecule has 2 radical (unpaired) electrons. The van der Waals surface area contributed by atoms with Gasteiger partial charge in [-0.15, -0.1) is 8.19 Å². The number of nitrogens with zero attached hydrogens (tertiary/aromatic N) is 3. The zero-order chi connectivity index (χ0) is 35.6. The fourth-order valence-corrected chi connectivity index (χ4v) is 9.21. The molecule has 0 aliphatic carbocycles. The van der Waals surface area contributed by atoms with Crippen LogP contribution in [-0.2, 0) is 4.65 Å². The van der Waals surface area contributed by atoms with E-state index in [0.29, 0.717) is 22.8 Å². The number of hydrogen-bond acceptors (Lipinski definition) is 6. The van der Waals surface area contributed by atoms with E-state index in [1.807, 2.05) is 24.5 Å². The minimum atomic E-state index is 0.106. The first-order chi connectivity index (χ1) is 23.9. The van der Waals surface area contributed by atoms with Gasteiger partial charge in [-0.1, -0.05) is 37.6 Å². The summed E-state index contributed by atoms with van der Waals surface area (Å²) in [5.41, 5.74) is 0. The van der Waals surface area contributed by atoms with E-state index in [1.165, 1.54) is 83.3 Å². The third-order valence-corrected chi connectivity index (χ3v) is 13.6. The second kappa shape index (κ2) is 34.9. The van der Waals surface area contributed by atoms with Gasteiger partial charge < -0.3 is 29.4 Å². The molecular weight excluding hydrogens is 809 g/mol. The van der Waals surface area contributed by atoms with E-state index in [1.54, 1.807) is 0 Å². The molecule has 0 aromatic carbocycles. The average Bonchev–Trinajstić information content (AvgIpc) is 4.02. The van der Waals surface area contributed by atoms with Crippen molar-refractivity contribution in [1.29, 1.82) is 0 Å².